The van der Waals surface area contributed by atoms with Gasteiger partial charge in [0.25, 0.3) is 10.0 Å². The van der Waals surface area contributed by atoms with Crippen molar-refractivity contribution in [2.45, 2.75) is 30.8 Å². The molecule has 0 spiro atoms. The Kier molecular flexibility index (Phi) is 6.94. The van der Waals surface area contributed by atoms with Crippen molar-refractivity contribution in [1.82, 2.24) is 14.9 Å². The zero-order chi connectivity index (χ0) is 22.7. The molecule has 2 N–H and O–H groups in total. The molecule has 1 saturated heterocycles. The van der Waals surface area contributed by atoms with E-state index in [1.165, 1.54) is 4.88 Å². The van der Waals surface area contributed by atoms with Gasteiger partial charge in [0.1, 0.15) is 11.9 Å². The van der Waals surface area contributed by atoms with Gasteiger partial charge in [-0.1, -0.05) is 32.0 Å². The number of aliphatic imine (C=N–C) groups is 1. The van der Waals surface area contributed by atoms with Crippen molar-refractivity contribution in [1.29, 1.82) is 0 Å². The molecule has 32 heavy (non-hydrogen) atoms. The summed E-state index contributed by atoms with van der Waals surface area (Å²) in [6.07, 6.45) is 0. The number of fused-ring (bicyclic) bond motifs is 1. The fourth-order valence-electron chi connectivity index (χ4n) is 3.96. The minimum Gasteiger partial charge on any atom is -0.379 e. The monoisotopic (exact) mass is 476 g/mol. The number of hydrogen-bond donors (Lipinski definition) is 2. The molecule has 10 heteroatoms. The first-order chi connectivity index (χ1) is 15.4. The first-order valence-electron chi connectivity index (χ1n) is 10.7. The number of ether oxygens (including phenoxy) is 1. The highest BCUT2D eigenvalue weighted by molar-refractivity contribution is 7.90. The van der Waals surface area contributed by atoms with Gasteiger partial charge in [-0.05, 0) is 29.5 Å². The topological polar surface area (TPSA) is 100 Å². The largest absolute Gasteiger partial charge is 0.379 e. The van der Waals surface area contributed by atoms with E-state index in [2.05, 4.69) is 26.0 Å². The summed E-state index contributed by atoms with van der Waals surface area (Å²) in [6.45, 7) is 7.25. The number of rotatable bonds is 7. The number of nitrogens with one attached hydrogen (secondary N) is 2. The summed E-state index contributed by atoms with van der Waals surface area (Å²) >= 11 is 1.67. The molecule has 0 bridgehead atoms. The van der Waals surface area contributed by atoms with Gasteiger partial charge in [-0.25, -0.2) is 8.42 Å². The van der Waals surface area contributed by atoms with E-state index < -0.39 is 16.1 Å². The maximum atomic E-state index is 13.2. The fourth-order valence-corrected chi connectivity index (χ4v) is 6.06. The number of benzene rings is 1. The van der Waals surface area contributed by atoms with Crippen LogP contribution < -0.4 is 10.0 Å². The van der Waals surface area contributed by atoms with Crippen LogP contribution in [-0.4, -0.2) is 64.0 Å². The van der Waals surface area contributed by atoms with Gasteiger partial charge in [-0.2, -0.15) is 0 Å². The molecule has 4 rings (SSSR count). The maximum absolute atomic E-state index is 13.2. The lowest BCUT2D eigenvalue weighted by atomic mass is 10.0. The van der Waals surface area contributed by atoms with Gasteiger partial charge in [-0.15, -0.1) is 11.3 Å². The van der Waals surface area contributed by atoms with Gasteiger partial charge in [0.05, 0.1) is 24.2 Å². The number of amides is 1. The molecule has 1 unspecified atom stereocenters. The van der Waals surface area contributed by atoms with E-state index in [1.807, 2.05) is 25.3 Å². The Morgan fingerprint density at radius 3 is 2.66 bits per heavy atom. The molecule has 8 nitrogen and oxygen atoms in total. The van der Waals surface area contributed by atoms with Crippen LogP contribution in [0.3, 0.4) is 0 Å². The molecule has 2 atom stereocenters. The normalized spacial score (nSPS) is 21.2. The summed E-state index contributed by atoms with van der Waals surface area (Å²) < 4.78 is 32.8. The Morgan fingerprint density at radius 2 is 1.97 bits per heavy atom. The van der Waals surface area contributed by atoms with E-state index in [9.17, 15) is 13.2 Å². The summed E-state index contributed by atoms with van der Waals surface area (Å²) in [5, 5.41) is 5.11. The summed E-state index contributed by atoms with van der Waals surface area (Å²) in [4.78, 5) is 21.4. The van der Waals surface area contributed by atoms with Crippen molar-refractivity contribution in [2.24, 2.45) is 10.9 Å². The average Bonchev–Trinajstić information content (AvgIpc) is 3.39. The third-order valence-corrected chi connectivity index (χ3v) is 8.03. The van der Waals surface area contributed by atoms with Gasteiger partial charge >= 0.3 is 0 Å². The van der Waals surface area contributed by atoms with E-state index in [-0.39, 0.29) is 28.6 Å². The van der Waals surface area contributed by atoms with Crippen LogP contribution >= 0.6 is 11.3 Å². The lowest BCUT2D eigenvalue weighted by Crippen LogP contribution is -2.46. The fraction of sp³-hybridized carbons (Fsp3) is 0.455. The molecule has 1 fully saturated rings. The molecule has 0 radical (unpaired) electrons. The number of carbonyl (C=O) groups excluding carboxylic acids is 1. The Morgan fingerprint density at radius 1 is 1.22 bits per heavy atom. The Balaban J connectivity index is 1.52. The SMILES string of the molecule is CC(C)[C@H](N=C1NS(=O)(=O)c2ccccc21)C(=O)NCC(c1cccs1)N1CCOCC1. The first kappa shape index (κ1) is 22.9. The first-order valence-corrected chi connectivity index (χ1v) is 13.1. The maximum Gasteiger partial charge on any atom is 0.263 e. The molecule has 1 amide bonds. The molecular weight excluding hydrogens is 448 g/mol. The molecule has 172 valence electrons. The van der Waals surface area contributed by atoms with Crippen LogP contribution in [0.15, 0.2) is 51.7 Å². The number of amidine groups is 1. The van der Waals surface area contributed by atoms with Crippen LogP contribution in [0.1, 0.15) is 30.3 Å². The number of morpholine rings is 1. The summed E-state index contributed by atoms with van der Waals surface area (Å²) in [6, 6.07) is 10.1. The quantitative estimate of drug-likeness (QED) is 0.637. The number of hydrogen-bond acceptors (Lipinski definition) is 7. The number of carbonyl (C=O) groups is 1. The van der Waals surface area contributed by atoms with Crippen LogP contribution in [0.25, 0.3) is 0 Å². The summed E-state index contributed by atoms with van der Waals surface area (Å²) in [7, 11) is -3.65. The second kappa shape index (κ2) is 9.70. The summed E-state index contributed by atoms with van der Waals surface area (Å²) in [5.41, 5.74) is 0.496. The zero-order valence-electron chi connectivity index (χ0n) is 18.2. The van der Waals surface area contributed by atoms with Crippen molar-refractivity contribution in [2.75, 3.05) is 32.8 Å². The molecule has 0 saturated carbocycles. The Bertz CT molecular complexity index is 1080. The highest BCUT2D eigenvalue weighted by Gasteiger charge is 2.33. The van der Waals surface area contributed by atoms with Crippen LogP contribution in [0.5, 0.6) is 0 Å². The van der Waals surface area contributed by atoms with Crippen molar-refractivity contribution in [3.8, 4) is 0 Å². The molecule has 1 aromatic heterocycles. The smallest absolute Gasteiger partial charge is 0.263 e. The minimum absolute atomic E-state index is 0.0639. The zero-order valence-corrected chi connectivity index (χ0v) is 19.8. The van der Waals surface area contributed by atoms with Crippen LogP contribution in [0.2, 0.25) is 0 Å². The van der Waals surface area contributed by atoms with Crippen molar-refractivity contribution < 1.29 is 17.9 Å². The number of nitrogens with zero attached hydrogens (tertiary/aromatic N) is 2. The number of thiophene rings is 1. The van der Waals surface area contributed by atoms with Crippen molar-refractivity contribution in [3.05, 3.63) is 52.2 Å². The molecule has 3 heterocycles. The standard InChI is InChI=1S/C22H28N4O4S2/c1-15(2)20(24-21-16-6-3-4-8-19(16)32(28,29)25-21)22(27)23-14-17(18-7-5-13-31-18)26-9-11-30-12-10-26/h3-8,13,15,17,20H,9-12,14H2,1-2H3,(H,23,27)(H,24,25)/t17?,20-/m0/s1. The predicted molar refractivity (Wildman–Crippen MR) is 124 cm³/mol. The second-order valence-corrected chi connectivity index (χ2v) is 10.8. The third kappa shape index (κ3) is 4.88. The molecule has 2 aliphatic heterocycles. The van der Waals surface area contributed by atoms with Gasteiger partial charge in [0.2, 0.25) is 5.91 Å². The minimum atomic E-state index is -3.65. The molecule has 1 aromatic carbocycles. The van der Waals surface area contributed by atoms with Gasteiger partial charge in [0.15, 0.2) is 0 Å². The second-order valence-electron chi connectivity index (χ2n) is 8.19. The van der Waals surface area contributed by atoms with Crippen LogP contribution in [-0.2, 0) is 19.6 Å². The van der Waals surface area contributed by atoms with E-state index in [0.29, 0.717) is 25.3 Å². The van der Waals surface area contributed by atoms with Gasteiger partial charge in [0, 0.05) is 30.1 Å². The Labute approximate surface area is 192 Å². The van der Waals surface area contributed by atoms with Crippen molar-refractivity contribution >= 4 is 33.1 Å². The van der Waals surface area contributed by atoms with Gasteiger partial charge < -0.3 is 10.1 Å². The predicted octanol–water partition coefficient (Wildman–Crippen LogP) is 2.00. The van der Waals surface area contributed by atoms with E-state index >= 15 is 0 Å². The van der Waals surface area contributed by atoms with Crippen LogP contribution in [0.4, 0.5) is 0 Å². The van der Waals surface area contributed by atoms with E-state index in [0.717, 1.165) is 13.1 Å². The highest BCUT2D eigenvalue weighted by Crippen LogP contribution is 2.26. The highest BCUT2D eigenvalue weighted by atomic mass is 32.2. The average molecular weight is 477 g/mol. The van der Waals surface area contributed by atoms with Crippen molar-refractivity contribution in [3.63, 3.8) is 0 Å². The summed E-state index contributed by atoms with van der Waals surface area (Å²) in [5.74, 6) is -0.105. The van der Waals surface area contributed by atoms with Crippen LogP contribution in [0, 0.1) is 5.92 Å². The third-order valence-electron chi connectivity index (χ3n) is 5.66. The van der Waals surface area contributed by atoms with E-state index in [1.54, 1.807) is 35.6 Å². The molecule has 2 aromatic rings. The molecular formula is C22H28N4O4S2. The van der Waals surface area contributed by atoms with E-state index in [4.69, 9.17) is 4.74 Å². The lowest BCUT2D eigenvalue weighted by Gasteiger charge is -2.34. The lowest BCUT2D eigenvalue weighted by molar-refractivity contribution is -0.123. The molecule has 2 aliphatic rings. The molecule has 0 aliphatic carbocycles. The van der Waals surface area contributed by atoms with Gasteiger partial charge in [-0.3, -0.25) is 19.4 Å². The number of sulfonamides is 1. The Hall–Kier alpha value is -2.27.